The number of aliphatic hydroxyl groups excluding tert-OH is 1. The number of aromatic nitrogens is 1. The Balaban J connectivity index is 1.55. The van der Waals surface area contributed by atoms with E-state index >= 15 is 0 Å². The van der Waals surface area contributed by atoms with Crippen molar-refractivity contribution in [1.29, 1.82) is 0 Å². The summed E-state index contributed by atoms with van der Waals surface area (Å²) >= 11 is 0. The summed E-state index contributed by atoms with van der Waals surface area (Å²) in [6.45, 7) is 3.69. The van der Waals surface area contributed by atoms with Crippen LogP contribution in [0.2, 0.25) is 0 Å². The highest BCUT2D eigenvalue weighted by molar-refractivity contribution is 7.33. The predicted octanol–water partition coefficient (Wildman–Crippen LogP) is 2.74. The molecule has 2 heterocycles. The lowest BCUT2D eigenvalue weighted by Gasteiger charge is -2.18. The monoisotopic (exact) mass is 665 g/mol. The minimum Gasteiger partial charge on any atom is -0.396 e. The highest BCUT2D eigenvalue weighted by Crippen LogP contribution is 2.34. The molecule has 1 aromatic heterocycles. The molecule has 14 nitrogen and oxygen atoms in total. The number of aromatic amines is 1. The van der Waals surface area contributed by atoms with Crippen molar-refractivity contribution in [3.05, 3.63) is 52.1 Å². The minimum atomic E-state index is -3.01. The third kappa shape index (κ3) is 10.6. The largest absolute Gasteiger partial charge is 0.396 e. The number of hydrogen-bond acceptors (Lipinski definition) is 9. The van der Waals surface area contributed by atoms with Gasteiger partial charge in [-0.25, -0.2) is 9.65 Å². The number of nitrogens with two attached hydrogens (primary N) is 1. The fraction of sp³-hybridized carbons (Fsp3) is 0.467. The van der Waals surface area contributed by atoms with Crippen LogP contribution in [0.1, 0.15) is 66.6 Å². The Morgan fingerprint density at radius 1 is 1.17 bits per heavy atom. The molecule has 8 N–H and O–H groups in total. The third-order valence-corrected chi connectivity index (χ3v) is 8.28. The number of H-pyrrole nitrogens is 1. The summed E-state index contributed by atoms with van der Waals surface area (Å²) in [6, 6.07) is 3.10. The smallest absolute Gasteiger partial charge is 0.346 e. The van der Waals surface area contributed by atoms with E-state index in [9.17, 15) is 33.2 Å². The van der Waals surface area contributed by atoms with Crippen molar-refractivity contribution in [2.75, 3.05) is 25.1 Å². The molecule has 1 aliphatic heterocycles. The molecule has 0 fully saturated rings. The van der Waals surface area contributed by atoms with Gasteiger partial charge < -0.3 is 36.3 Å². The molecule has 0 radical (unpaired) electrons. The van der Waals surface area contributed by atoms with E-state index in [-0.39, 0.29) is 50.8 Å². The molecule has 2 aromatic rings. The quantitative estimate of drug-likeness (QED) is 0.0385. The lowest BCUT2D eigenvalue weighted by atomic mass is 10.0. The third-order valence-electron chi connectivity index (χ3n) is 7.73. The van der Waals surface area contributed by atoms with Crippen molar-refractivity contribution >= 4 is 49.2 Å². The van der Waals surface area contributed by atoms with E-state index in [1.165, 1.54) is 18.2 Å². The fourth-order valence-corrected chi connectivity index (χ4v) is 5.60. The number of carbonyl (C=O) groups excluding carboxylic acids is 4. The minimum absolute atomic E-state index is 0.0209. The van der Waals surface area contributed by atoms with Gasteiger partial charge in [-0.1, -0.05) is 6.42 Å². The van der Waals surface area contributed by atoms with Gasteiger partial charge in [-0.15, -0.1) is 0 Å². The molecule has 16 heteroatoms. The number of anilines is 1. The van der Waals surface area contributed by atoms with Crippen LogP contribution in [0.4, 0.5) is 10.1 Å². The molecule has 252 valence electrons. The number of hydrogen-bond donors (Lipinski definition) is 7. The molecule has 0 bridgehead atoms. The van der Waals surface area contributed by atoms with Crippen molar-refractivity contribution in [3.63, 3.8) is 0 Å². The Morgan fingerprint density at radius 2 is 1.93 bits per heavy atom. The number of aliphatic hydroxyl groups is 1. The summed E-state index contributed by atoms with van der Waals surface area (Å²) < 4.78 is 33.3. The normalized spacial score (nSPS) is 15.2. The molecule has 46 heavy (non-hydrogen) atoms. The molecule has 3 rings (SSSR count). The zero-order valence-electron chi connectivity index (χ0n) is 25.7. The van der Waals surface area contributed by atoms with Gasteiger partial charge in [0.15, 0.2) is 0 Å². The van der Waals surface area contributed by atoms with Crippen LogP contribution in [0.3, 0.4) is 0 Å². The van der Waals surface area contributed by atoms with Gasteiger partial charge in [0, 0.05) is 54.5 Å². The number of unbranched alkanes of at least 4 members (excludes halogenated alkanes) is 1. The maximum absolute atomic E-state index is 13.8. The number of aryl methyl sites for hydroxylation is 1. The van der Waals surface area contributed by atoms with Crippen molar-refractivity contribution in [2.24, 2.45) is 11.7 Å². The van der Waals surface area contributed by atoms with Gasteiger partial charge in [0.1, 0.15) is 11.9 Å². The lowest BCUT2D eigenvalue weighted by molar-refractivity contribution is -0.142. The SMILES string of the molecule is Cc1[nH]c(/C=C2\C(=O)Nc3ccc(F)cc32)c(C)c1CCC(=O)N[C@H](CCC(N)=O)C(=O)NCCCCC(CO)CO[PH](=O)OO. The molecule has 1 aliphatic rings. The average Bonchev–Trinajstić information content (AvgIpc) is 3.47. The molecule has 0 saturated heterocycles. The molecule has 2 unspecified atom stereocenters. The summed E-state index contributed by atoms with van der Waals surface area (Å²) in [5.74, 6) is -2.61. The van der Waals surface area contributed by atoms with Crippen molar-refractivity contribution < 1.29 is 47.7 Å². The average molecular weight is 666 g/mol. The maximum Gasteiger partial charge on any atom is 0.346 e. The summed E-state index contributed by atoms with van der Waals surface area (Å²) in [6.07, 6.45) is 3.59. The standard InChI is InChI=1S/C30H41FN5O9P/c1-17-21(18(2)34-26(17)14-23-22-13-20(31)6-8-24(22)36-29(23)40)7-11-28(39)35-25(9-10-27(32)38)30(41)33-12-4-3-5-19(15-37)16-44-46(43)45-42/h6,8,13-14,19,25,34,37,42,46H,3-5,7,9-12,15-16H2,1-2H3,(H2,32,38)(H,33,41)(H,35,39)(H,36,40)/b23-14-/t19?,25-/m1/s1. The Labute approximate surface area is 266 Å². The number of primary amides is 1. The first-order chi connectivity index (χ1) is 21.9. The van der Waals surface area contributed by atoms with E-state index in [1.54, 1.807) is 6.08 Å². The van der Waals surface area contributed by atoms with Crippen molar-refractivity contribution in [2.45, 2.75) is 64.8 Å². The second-order valence-electron chi connectivity index (χ2n) is 11.1. The number of benzene rings is 1. The zero-order chi connectivity index (χ0) is 33.8. The van der Waals surface area contributed by atoms with Gasteiger partial charge in [-0.3, -0.25) is 23.7 Å². The highest BCUT2D eigenvalue weighted by atomic mass is 31.1. The first-order valence-corrected chi connectivity index (χ1v) is 16.1. The lowest BCUT2D eigenvalue weighted by Crippen LogP contribution is -2.47. The van der Waals surface area contributed by atoms with E-state index in [0.29, 0.717) is 48.2 Å². The van der Waals surface area contributed by atoms with Crippen LogP contribution < -0.4 is 21.7 Å². The van der Waals surface area contributed by atoms with Crippen molar-refractivity contribution in [1.82, 2.24) is 15.6 Å². The van der Waals surface area contributed by atoms with Gasteiger partial charge in [-0.2, -0.15) is 4.67 Å². The Bertz CT molecular complexity index is 1480. The molecular weight excluding hydrogens is 624 g/mol. The number of amides is 4. The molecule has 0 aliphatic carbocycles. The summed E-state index contributed by atoms with van der Waals surface area (Å²) in [7, 11) is -3.01. The van der Waals surface area contributed by atoms with E-state index in [2.05, 4.69) is 25.6 Å². The van der Waals surface area contributed by atoms with Gasteiger partial charge in [0.2, 0.25) is 17.7 Å². The van der Waals surface area contributed by atoms with Crippen LogP contribution in [0, 0.1) is 25.6 Å². The number of fused-ring (bicyclic) bond motifs is 1. The summed E-state index contributed by atoms with van der Waals surface area (Å²) in [5.41, 5.74) is 9.72. The Hall–Kier alpha value is -3.88. The first-order valence-electron chi connectivity index (χ1n) is 14.9. The van der Waals surface area contributed by atoms with Gasteiger partial charge >= 0.3 is 8.25 Å². The molecule has 3 atom stereocenters. The highest BCUT2D eigenvalue weighted by Gasteiger charge is 2.26. The fourth-order valence-electron chi connectivity index (χ4n) is 5.18. The van der Waals surface area contributed by atoms with Crippen LogP contribution in [0.25, 0.3) is 11.6 Å². The molecular formula is C30H41FN5O9P. The number of nitrogens with one attached hydrogen (secondary N) is 4. The second kappa shape index (κ2) is 17.7. The van der Waals surface area contributed by atoms with Crippen LogP contribution >= 0.6 is 8.25 Å². The Kier molecular flexibility index (Phi) is 14.1. The Morgan fingerprint density at radius 3 is 2.63 bits per heavy atom. The van der Waals surface area contributed by atoms with E-state index in [4.69, 9.17) is 15.5 Å². The maximum atomic E-state index is 13.8. The van der Waals surface area contributed by atoms with E-state index in [1.807, 2.05) is 13.8 Å². The molecule has 0 saturated carbocycles. The number of carbonyl (C=O) groups is 4. The van der Waals surface area contributed by atoms with Crippen LogP contribution in [-0.4, -0.2) is 64.8 Å². The van der Waals surface area contributed by atoms with Crippen LogP contribution in [-0.2, 0) is 39.4 Å². The van der Waals surface area contributed by atoms with Gasteiger partial charge in [-0.05, 0) is 74.9 Å². The van der Waals surface area contributed by atoms with Crippen molar-refractivity contribution in [3.8, 4) is 0 Å². The van der Waals surface area contributed by atoms with Gasteiger partial charge in [0.25, 0.3) is 5.91 Å². The van der Waals surface area contributed by atoms with E-state index in [0.717, 1.165) is 16.8 Å². The number of halogens is 1. The topological polar surface area (TPSA) is 222 Å². The molecule has 0 spiro atoms. The molecule has 4 amide bonds. The van der Waals surface area contributed by atoms with E-state index < -0.39 is 37.8 Å². The first kappa shape index (κ1) is 36.6. The summed E-state index contributed by atoms with van der Waals surface area (Å²) in [4.78, 5) is 53.0. The zero-order valence-corrected chi connectivity index (χ0v) is 26.7. The number of rotatable bonds is 19. The van der Waals surface area contributed by atoms with Crippen LogP contribution in [0.15, 0.2) is 18.2 Å². The summed E-state index contributed by atoms with van der Waals surface area (Å²) in [5, 5.41) is 25.9. The molecule has 1 aromatic carbocycles. The van der Waals surface area contributed by atoms with Gasteiger partial charge in [0.05, 0.1) is 12.2 Å². The second-order valence-corrected chi connectivity index (χ2v) is 12.1. The van der Waals surface area contributed by atoms with Crippen LogP contribution in [0.5, 0.6) is 0 Å². The predicted molar refractivity (Wildman–Crippen MR) is 168 cm³/mol.